The molecule has 0 spiro atoms. The number of methoxy groups -OCH3 is 1. The lowest BCUT2D eigenvalue weighted by molar-refractivity contribution is -0.149. The number of aromatic nitrogens is 2. The fraction of sp³-hybridized carbons (Fsp3) is 0.190. The molecule has 0 N–H and O–H groups in total. The lowest BCUT2D eigenvalue weighted by atomic mass is 10.1. The Morgan fingerprint density at radius 3 is 2.47 bits per heavy atom. The van der Waals surface area contributed by atoms with Gasteiger partial charge in [-0.1, -0.05) is 29.4 Å². The predicted molar refractivity (Wildman–Crippen MR) is 102 cm³/mol. The molecular formula is C21H17N3O6. The fourth-order valence-corrected chi connectivity index (χ4v) is 3.11. The molecule has 0 fully saturated rings. The molecule has 2 amide bonds. The van der Waals surface area contributed by atoms with Crippen LogP contribution in [-0.4, -0.2) is 46.0 Å². The Bertz CT molecular complexity index is 1100. The molecule has 0 saturated heterocycles. The van der Waals surface area contributed by atoms with Gasteiger partial charge in [-0.3, -0.25) is 14.5 Å². The van der Waals surface area contributed by atoms with Gasteiger partial charge in [0.25, 0.3) is 17.7 Å². The maximum absolute atomic E-state index is 12.5. The number of carbonyl (C=O) groups is 3. The van der Waals surface area contributed by atoms with Gasteiger partial charge in [-0.2, -0.15) is 4.98 Å². The van der Waals surface area contributed by atoms with Crippen LogP contribution < -0.4 is 4.74 Å². The van der Waals surface area contributed by atoms with Crippen LogP contribution in [0.2, 0.25) is 0 Å². The monoisotopic (exact) mass is 407 g/mol. The molecule has 3 aromatic rings. The Hall–Kier alpha value is -4.01. The molecule has 0 aliphatic carbocycles. The minimum atomic E-state index is -1.10. The molecule has 4 rings (SSSR count). The Morgan fingerprint density at radius 2 is 1.80 bits per heavy atom. The molecular weight excluding hydrogens is 390 g/mol. The summed E-state index contributed by atoms with van der Waals surface area (Å²) >= 11 is 0. The number of hydrogen-bond donors (Lipinski definition) is 0. The minimum absolute atomic E-state index is 0.0794. The molecule has 2 heterocycles. The summed E-state index contributed by atoms with van der Waals surface area (Å²) in [5, 5.41) is 3.86. The molecule has 1 aliphatic rings. The van der Waals surface area contributed by atoms with E-state index in [0.717, 1.165) is 4.90 Å². The van der Waals surface area contributed by atoms with Crippen molar-refractivity contribution < 1.29 is 28.4 Å². The van der Waals surface area contributed by atoms with E-state index >= 15 is 0 Å². The lowest BCUT2D eigenvalue weighted by Gasteiger charge is -2.20. The van der Waals surface area contributed by atoms with E-state index in [4.69, 9.17) is 14.0 Å². The summed E-state index contributed by atoms with van der Waals surface area (Å²) in [7, 11) is 1.55. The lowest BCUT2D eigenvalue weighted by Crippen LogP contribution is -2.43. The molecule has 9 heteroatoms. The first kappa shape index (κ1) is 19.3. The predicted octanol–water partition coefficient (Wildman–Crippen LogP) is 2.47. The van der Waals surface area contributed by atoms with Crippen molar-refractivity contribution in [1.29, 1.82) is 0 Å². The topological polar surface area (TPSA) is 112 Å². The highest BCUT2D eigenvalue weighted by Gasteiger charge is 2.41. The van der Waals surface area contributed by atoms with Crippen LogP contribution in [0.15, 0.2) is 53.1 Å². The number of imide groups is 1. The first-order chi connectivity index (χ1) is 14.5. The van der Waals surface area contributed by atoms with Crippen molar-refractivity contribution in [3.05, 3.63) is 65.5 Å². The van der Waals surface area contributed by atoms with Crippen LogP contribution in [0, 0.1) is 0 Å². The smallest absolute Gasteiger partial charge is 0.329 e. The van der Waals surface area contributed by atoms with Crippen molar-refractivity contribution in [2.45, 2.75) is 19.6 Å². The summed E-state index contributed by atoms with van der Waals surface area (Å²) in [6.45, 7) is 1.14. The largest absolute Gasteiger partial charge is 0.497 e. The summed E-state index contributed by atoms with van der Waals surface area (Å²) in [5.74, 6) is -0.786. The third-order valence-electron chi connectivity index (χ3n) is 4.69. The summed E-state index contributed by atoms with van der Waals surface area (Å²) in [4.78, 5) is 42.5. The number of hydrogen-bond acceptors (Lipinski definition) is 8. The van der Waals surface area contributed by atoms with Crippen molar-refractivity contribution in [1.82, 2.24) is 15.0 Å². The van der Waals surface area contributed by atoms with Gasteiger partial charge in [0.15, 0.2) is 6.61 Å². The van der Waals surface area contributed by atoms with Gasteiger partial charge >= 0.3 is 5.97 Å². The van der Waals surface area contributed by atoms with Gasteiger partial charge in [0.1, 0.15) is 11.8 Å². The molecule has 0 bridgehead atoms. The molecule has 1 aromatic heterocycles. The Labute approximate surface area is 171 Å². The summed E-state index contributed by atoms with van der Waals surface area (Å²) in [6, 6.07) is 12.4. The summed E-state index contributed by atoms with van der Waals surface area (Å²) < 4.78 is 15.5. The van der Waals surface area contributed by atoms with Crippen molar-refractivity contribution >= 4 is 17.8 Å². The quantitative estimate of drug-likeness (QED) is 0.452. The van der Waals surface area contributed by atoms with Crippen LogP contribution in [0.3, 0.4) is 0 Å². The van der Waals surface area contributed by atoms with E-state index in [0.29, 0.717) is 17.1 Å². The number of benzene rings is 2. The van der Waals surface area contributed by atoms with Crippen LogP contribution in [0.4, 0.5) is 0 Å². The standard InChI is InChI=1S/C21H17N3O6/c1-12(24-19(25)15-8-3-4-9-16(15)20(24)26)21(27)29-11-17-22-18(23-30-17)13-6-5-7-14(10-13)28-2/h3-10,12H,11H2,1-2H3/t12-/m1/s1. The zero-order chi connectivity index (χ0) is 21.3. The van der Waals surface area contributed by atoms with E-state index in [1.165, 1.54) is 6.92 Å². The van der Waals surface area contributed by atoms with E-state index in [2.05, 4.69) is 10.1 Å². The van der Waals surface area contributed by atoms with E-state index in [-0.39, 0.29) is 23.6 Å². The molecule has 9 nitrogen and oxygen atoms in total. The summed E-state index contributed by atoms with van der Waals surface area (Å²) in [6.07, 6.45) is 0. The third-order valence-corrected chi connectivity index (χ3v) is 4.69. The number of rotatable bonds is 6. The average Bonchev–Trinajstić information content (AvgIpc) is 3.35. The second kappa shape index (κ2) is 7.78. The van der Waals surface area contributed by atoms with Gasteiger partial charge in [-0.05, 0) is 31.2 Å². The van der Waals surface area contributed by atoms with Crippen LogP contribution in [0.1, 0.15) is 33.5 Å². The molecule has 152 valence electrons. The highest BCUT2D eigenvalue weighted by Crippen LogP contribution is 2.25. The Kier molecular flexibility index (Phi) is 5.01. The highest BCUT2D eigenvalue weighted by atomic mass is 16.6. The highest BCUT2D eigenvalue weighted by molar-refractivity contribution is 6.22. The minimum Gasteiger partial charge on any atom is -0.497 e. The third kappa shape index (κ3) is 3.41. The van der Waals surface area contributed by atoms with E-state index in [9.17, 15) is 14.4 Å². The number of amides is 2. The van der Waals surface area contributed by atoms with Crippen molar-refractivity contribution in [3.63, 3.8) is 0 Å². The molecule has 1 aliphatic heterocycles. The van der Waals surface area contributed by atoms with Crippen molar-refractivity contribution in [2.75, 3.05) is 7.11 Å². The fourth-order valence-electron chi connectivity index (χ4n) is 3.11. The Balaban J connectivity index is 1.41. The molecule has 1 atom stereocenters. The molecule has 2 aromatic carbocycles. The van der Waals surface area contributed by atoms with Crippen LogP contribution in [0.5, 0.6) is 5.75 Å². The SMILES string of the molecule is COc1cccc(-c2noc(COC(=O)[C@@H](C)N3C(=O)c4ccccc4C3=O)n2)c1. The number of ether oxygens (including phenoxy) is 2. The summed E-state index contributed by atoms with van der Waals surface area (Å²) in [5.41, 5.74) is 1.21. The zero-order valence-corrected chi connectivity index (χ0v) is 16.2. The van der Waals surface area contributed by atoms with Gasteiger partial charge in [-0.15, -0.1) is 0 Å². The normalized spacial score (nSPS) is 13.9. The van der Waals surface area contributed by atoms with Crippen LogP contribution in [0.25, 0.3) is 11.4 Å². The second-order valence-electron chi connectivity index (χ2n) is 6.55. The van der Waals surface area contributed by atoms with Gasteiger partial charge < -0.3 is 14.0 Å². The number of nitrogens with zero attached hydrogens (tertiary/aromatic N) is 3. The van der Waals surface area contributed by atoms with Gasteiger partial charge in [-0.25, -0.2) is 4.79 Å². The van der Waals surface area contributed by atoms with Crippen molar-refractivity contribution in [2.24, 2.45) is 0 Å². The van der Waals surface area contributed by atoms with Gasteiger partial charge in [0.05, 0.1) is 18.2 Å². The number of fused-ring (bicyclic) bond motifs is 1. The first-order valence-corrected chi connectivity index (χ1v) is 9.10. The van der Waals surface area contributed by atoms with Gasteiger partial charge in [0, 0.05) is 5.56 Å². The van der Waals surface area contributed by atoms with Gasteiger partial charge in [0.2, 0.25) is 5.82 Å². The number of esters is 1. The molecule has 0 saturated carbocycles. The van der Waals surface area contributed by atoms with Crippen LogP contribution >= 0.6 is 0 Å². The maximum Gasteiger partial charge on any atom is 0.329 e. The van der Waals surface area contributed by atoms with Crippen molar-refractivity contribution in [3.8, 4) is 17.1 Å². The van der Waals surface area contributed by atoms with E-state index in [1.54, 1.807) is 55.6 Å². The molecule has 0 unspecified atom stereocenters. The van der Waals surface area contributed by atoms with E-state index < -0.39 is 23.8 Å². The van der Waals surface area contributed by atoms with Crippen LogP contribution in [-0.2, 0) is 16.1 Å². The first-order valence-electron chi connectivity index (χ1n) is 9.10. The average molecular weight is 407 g/mol. The second-order valence-corrected chi connectivity index (χ2v) is 6.55. The van der Waals surface area contributed by atoms with E-state index in [1.807, 2.05) is 0 Å². The molecule has 30 heavy (non-hydrogen) atoms. The Morgan fingerprint density at radius 1 is 1.10 bits per heavy atom. The molecule has 0 radical (unpaired) electrons. The maximum atomic E-state index is 12.5. The zero-order valence-electron chi connectivity index (χ0n) is 16.2. The number of carbonyl (C=O) groups excluding carboxylic acids is 3.